The second kappa shape index (κ2) is 8.09. The van der Waals surface area contributed by atoms with E-state index in [-0.39, 0.29) is 25.0 Å². The van der Waals surface area contributed by atoms with Crippen LogP contribution in [0.15, 0.2) is 24.3 Å². The van der Waals surface area contributed by atoms with E-state index in [1.54, 1.807) is 20.8 Å². The molecule has 7 nitrogen and oxygen atoms in total. The molecule has 154 valence electrons. The lowest BCUT2D eigenvalue weighted by atomic mass is 9.92. The fourth-order valence-electron chi connectivity index (χ4n) is 3.81. The summed E-state index contributed by atoms with van der Waals surface area (Å²) in [5.74, 6) is -0.114. The fourth-order valence-corrected chi connectivity index (χ4v) is 3.81. The van der Waals surface area contributed by atoms with Crippen LogP contribution in [0.1, 0.15) is 51.3 Å². The van der Waals surface area contributed by atoms with Crippen LogP contribution < -0.4 is 5.32 Å². The molecular formula is C21H30N2O5. The number of hydrogen-bond acceptors (Lipinski definition) is 5. The first kappa shape index (κ1) is 20.6. The lowest BCUT2D eigenvalue weighted by molar-refractivity contribution is -0.155. The van der Waals surface area contributed by atoms with E-state index in [1.807, 2.05) is 24.0 Å². The Morgan fingerprint density at radius 1 is 1.29 bits per heavy atom. The van der Waals surface area contributed by atoms with E-state index >= 15 is 0 Å². The van der Waals surface area contributed by atoms with Crippen molar-refractivity contribution in [2.24, 2.45) is 0 Å². The molecule has 2 aliphatic rings. The Balaban J connectivity index is 1.58. The van der Waals surface area contributed by atoms with Gasteiger partial charge >= 0.3 is 6.09 Å². The SMILES string of the molecule is C[C@H]1c2ccccc2CCN1C(=O)[C@@H]1C[C@@H](O)[C@@H](NC(=O)OC(C)(C)C)CO1. The van der Waals surface area contributed by atoms with Crippen LogP contribution in [0.3, 0.4) is 0 Å². The number of aliphatic hydroxyl groups is 1. The van der Waals surface area contributed by atoms with Gasteiger partial charge in [0.25, 0.3) is 5.91 Å². The van der Waals surface area contributed by atoms with E-state index in [0.717, 1.165) is 12.0 Å². The Morgan fingerprint density at radius 3 is 2.68 bits per heavy atom. The van der Waals surface area contributed by atoms with E-state index in [0.29, 0.717) is 6.54 Å². The molecule has 2 heterocycles. The third-order valence-corrected chi connectivity index (χ3v) is 5.25. The summed E-state index contributed by atoms with van der Waals surface area (Å²) < 4.78 is 10.9. The molecule has 0 saturated carbocycles. The molecule has 0 unspecified atom stereocenters. The molecule has 1 aromatic rings. The molecule has 28 heavy (non-hydrogen) atoms. The molecule has 0 aliphatic carbocycles. The number of carbonyl (C=O) groups excluding carboxylic acids is 2. The summed E-state index contributed by atoms with van der Waals surface area (Å²) in [4.78, 5) is 26.8. The van der Waals surface area contributed by atoms with Gasteiger partial charge < -0.3 is 24.8 Å². The van der Waals surface area contributed by atoms with Gasteiger partial charge in [0.05, 0.1) is 24.8 Å². The number of ether oxygens (including phenoxy) is 2. The Hall–Kier alpha value is -2.12. The number of alkyl carbamates (subject to hydrolysis) is 1. The molecular weight excluding hydrogens is 360 g/mol. The molecule has 2 N–H and O–H groups in total. The molecule has 4 atom stereocenters. The van der Waals surface area contributed by atoms with Crippen LogP contribution in [0.25, 0.3) is 0 Å². The van der Waals surface area contributed by atoms with Gasteiger partial charge in [-0.3, -0.25) is 4.79 Å². The van der Waals surface area contributed by atoms with E-state index < -0.39 is 29.9 Å². The predicted octanol–water partition coefficient (Wildman–Crippen LogP) is 2.18. The second-order valence-corrected chi connectivity index (χ2v) is 8.53. The predicted molar refractivity (Wildman–Crippen MR) is 104 cm³/mol. The molecule has 2 amide bonds. The lowest BCUT2D eigenvalue weighted by Crippen LogP contribution is -2.56. The van der Waals surface area contributed by atoms with Crippen molar-refractivity contribution in [2.75, 3.05) is 13.2 Å². The van der Waals surface area contributed by atoms with E-state index in [2.05, 4.69) is 17.4 Å². The molecule has 1 fully saturated rings. The van der Waals surface area contributed by atoms with Crippen LogP contribution in [-0.2, 0) is 20.7 Å². The van der Waals surface area contributed by atoms with Gasteiger partial charge in [-0.05, 0) is 45.2 Å². The van der Waals surface area contributed by atoms with Gasteiger partial charge in [0.15, 0.2) is 0 Å². The van der Waals surface area contributed by atoms with Gasteiger partial charge in [-0.2, -0.15) is 0 Å². The first-order valence-electron chi connectivity index (χ1n) is 9.83. The Bertz CT molecular complexity index is 730. The Labute approximate surface area is 166 Å². The highest BCUT2D eigenvalue weighted by Gasteiger charge is 2.39. The van der Waals surface area contributed by atoms with Crippen molar-refractivity contribution in [3.05, 3.63) is 35.4 Å². The Morgan fingerprint density at radius 2 is 2.00 bits per heavy atom. The largest absolute Gasteiger partial charge is 0.444 e. The monoisotopic (exact) mass is 390 g/mol. The molecule has 0 spiro atoms. The third-order valence-electron chi connectivity index (χ3n) is 5.25. The summed E-state index contributed by atoms with van der Waals surface area (Å²) in [5, 5.41) is 13.1. The summed E-state index contributed by atoms with van der Waals surface area (Å²) in [6.07, 6.45) is -1.23. The Kier molecular flexibility index (Phi) is 5.95. The first-order chi connectivity index (χ1) is 13.2. The van der Waals surface area contributed by atoms with Crippen LogP contribution in [0.2, 0.25) is 0 Å². The summed E-state index contributed by atoms with van der Waals surface area (Å²) in [5.41, 5.74) is 1.80. The zero-order valence-electron chi connectivity index (χ0n) is 17.0. The van der Waals surface area contributed by atoms with Crippen molar-refractivity contribution in [2.45, 2.75) is 70.4 Å². The van der Waals surface area contributed by atoms with Crippen LogP contribution in [0.5, 0.6) is 0 Å². The summed E-state index contributed by atoms with van der Waals surface area (Å²) in [7, 11) is 0. The zero-order chi connectivity index (χ0) is 20.5. The number of amides is 2. The van der Waals surface area contributed by atoms with Crippen LogP contribution >= 0.6 is 0 Å². The first-order valence-corrected chi connectivity index (χ1v) is 9.83. The molecule has 3 rings (SSSR count). The maximum absolute atomic E-state index is 13.0. The maximum Gasteiger partial charge on any atom is 0.408 e. The number of nitrogens with one attached hydrogen (secondary N) is 1. The highest BCUT2D eigenvalue weighted by Crippen LogP contribution is 2.31. The average Bonchev–Trinajstić information content (AvgIpc) is 2.62. The number of nitrogens with zero attached hydrogens (tertiary/aromatic N) is 1. The average molecular weight is 390 g/mol. The van der Waals surface area contributed by atoms with Crippen molar-refractivity contribution in [1.29, 1.82) is 0 Å². The van der Waals surface area contributed by atoms with Gasteiger partial charge in [-0.25, -0.2) is 4.79 Å². The van der Waals surface area contributed by atoms with Crippen LogP contribution in [-0.4, -0.2) is 59.0 Å². The maximum atomic E-state index is 13.0. The number of aliphatic hydroxyl groups excluding tert-OH is 1. The normalized spacial score (nSPS) is 27.7. The molecule has 0 radical (unpaired) electrons. The van der Waals surface area contributed by atoms with E-state index in [1.165, 1.54) is 5.56 Å². The van der Waals surface area contributed by atoms with Crippen molar-refractivity contribution in [1.82, 2.24) is 10.2 Å². The van der Waals surface area contributed by atoms with Gasteiger partial charge in [-0.15, -0.1) is 0 Å². The quantitative estimate of drug-likeness (QED) is 0.808. The fraction of sp³-hybridized carbons (Fsp3) is 0.619. The molecule has 1 aromatic carbocycles. The number of benzene rings is 1. The van der Waals surface area contributed by atoms with Crippen molar-refractivity contribution < 1.29 is 24.2 Å². The van der Waals surface area contributed by atoms with Crippen LogP contribution in [0, 0.1) is 0 Å². The summed E-state index contributed by atoms with van der Waals surface area (Å²) in [6.45, 7) is 8.03. The molecule has 0 aromatic heterocycles. The van der Waals surface area contributed by atoms with Gasteiger partial charge in [-0.1, -0.05) is 24.3 Å². The standard InChI is InChI=1S/C21H30N2O5/c1-13-15-8-6-5-7-14(15)9-10-23(13)19(25)18-11-17(24)16(12-27-18)22-20(26)28-21(2,3)4/h5-8,13,16-18,24H,9-12H2,1-4H3,(H,22,26)/t13-,16-,17+,18-/m0/s1. The minimum atomic E-state index is -0.873. The molecule has 2 aliphatic heterocycles. The second-order valence-electron chi connectivity index (χ2n) is 8.53. The molecule has 1 saturated heterocycles. The minimum Gasteiger partial charge on any atom is -0.444 e. The highest BCUT2D eigenvalue weighted by molar-refractivity contribution is 5.82. The van der Waals surface area contributed by atoms with Gasteiger partial charge in [0, 0.05) is 13.0 Å². The zero-order valence-corrected chi connectivity index (χ0v) is 17.0. The highest BCUT2D eigenvalue weighted by atomic mass is 16.6. The number of rotatable bonds is 2. The van der Waals surface area contributed by atoms with Crippen molar-refractivity contribution in [3.63, 3.8) is 0 Å². The molecule has 7 heteroatoms. The van der Waals surface area contributed by atoms with Gasteiger partial charge in [0.2, 0.25) is 0 Å². The molecule has 0 bridgehead atoms. The smallest absolute Gasteiger partial charge is 0.408 e. The van der Waals surface area contributed by atoms with Crippen LogP contribution in [0.4, 0.5) is 4.79 Å². The number of carbonyl (C=O) groups is 2. The number of fused-ring (bicyclic) bond motifs is 1. The third kappa shape index (κ3) is 4.64. The van der Waals surface area contributed by atoms with Crippen molar-refractivity contribution in [3.8, 4) is 0 Å². The summed E-state index contributed by atoms with van der Waals surface area (Å²) >= 11 is 0. The van der Waals surface area contributed by atoms with Crippen molar-refractivity contribution >= 4 is 12.0 Å². The lowest BCUT2D eigenvalue weighted by Gasteiger charge is -2.40. The topological polar surface area (TPSA) is 88.1 Å². The summed E-state index contributed by atoms with van der Waals surface area (Å²) in [6, 6.07) is 7.52. The minimum absolute atomic E-state index is 0.0317. The van der Waals surface area contributed by atoms with E-state index in [9.17, 15) is 14.7 Å². The van der Waals surface area contributed by atoms with Gasteiger partial charge in [0.1, 0.15) is 11.7 Å². The number of hydrogen-bond donors (Lipinski definition) is 2. The van der Waals surface area contributed by atoms with E-state index in [4.69, 9.17) is 9.47 Å².